The minimum atomic E-state index is -0.208. The number of hydrogen-bond donors (Lipinski definition) is 2. The van der Waals surface area contributed by atoms with E-state index in [1.807, 2.05) is 18.2 Å². The van der Waals surface area contributed by atoms with Crippen molar-refractivity contribution in [3.8, 4) is 0 Å². The van der Waals surface area contributed by atoms with Gasteiger partial charge in [0.05, 0.1) is 0 Å². The largest absolute Gasteiger partial charge is 0.326 e. The summed E-state index contributed by atoms with van der Waals surface area (Å²) in [5.41, 5.74) is 4.58. The number of aryl methyl sites for hydroxylation is 2. The van der Waals surface area contributed by atoms with Crippen LogP contribution in [0.4, 0.5) is 11.4 Å². The van der Waals surface area contributed by atoms with Crippen LogP contribution in [-0.2, 0) is 22.4 Å². The number of hydrogen-bond acceptors (Lipinski definition) is 3. The van der Waals surface area contributed by atoms with Crippen LogP contribution in [0.5, 0.6) is 0 Å². The standard InChI is InChI=1S/C23H24N2O3/c26-21(18-10-7-15-3-1-4-17(15)13-18)11-12-22(27)24-19-5-2-6-20(14-19)25-23(28)16-8-9-16/h2,5-7,10,13-14,16H,1,3-4,8-9,11-12H2,(H,24,27)(H,25,28). The minimum absolute atomic E-state index is 0.00435. The molecule has 5 nitrogen and oxygen atoms in total. The van der Waals surface area contributed by atoms with E-state index in [2.05, 4.69) is 10.6 Å². The van der Waals surface area contributed by atoms with Crippen molar-refractivity contribution in [2.75, 3.05) is 10.6 Å². The number of Topliss-reactive ketones (excluding diaryl/α,β-unsaturated/α-hetero) is 1. The fourth-order valence-corrected chi connectivity index (χ4v) is 3.60. The van der Waals surface area contributed by atoms with E-state index in [9.17, 15) is 14.4 Å². The number of fused-ring (bicyclic) bond motifs is 1. The Morgan fingerprint density at radius 2 is 1.61 bits per heavy atom. The Labute approximate surface area is 164 Å². The van der Waals surface area contributed by atoms with Crippen LogP contribution >= 0.6 is 0 Å². The zero-order valence-corrected chi connectivity index (χ0v) is 15.8. The minimum Gasteiger partial charge on any atom is -0.326 e. The van der Waals surface area contributed by atoms with Gasteiger partial charge in [0.15, 0.2) is 5.78 Å². The lowest BCUT2D eigenvalue weighted by molar-refractivity contribution is -0.117. The van der Waals surface area contributed by atoms with E-state index in [1.165, 1.54) is 11.1 Å². The highest BCUT2D eigenvalue weighted by molar-refractivity contribution is 6.00. The van der Waals surface area contributed by atoms with Crippen LogP contribution in [0, 0.1) is 5.92 Å². The Kier molecular flexibility index (Phi) is 5.24. The summed E-state index contributed by atoms with van der Waals surface area (Å²) in [6, 6.07) is 13.0. The molecule has 1 saturated carbocycles. The van der Waals surface area contributed by atoms with Crippen molar-refractivity contribution in [2.45, 2.75) is 44.9 Å². The number of carbonyl (C=O) groups excluding carboxylic acids is 3. The van der Waals surface area contributed by atoms with E-state index in [0.29, 0.717) is 16.9 Å². The molecule has 0 saturated heterocycles. The molecule has 0 radical (unpaired) electrons. The highest BCUT2D eigenvalue weighted by atomic mass is 16.2. The van der Waals surface area contributed by atoms with Crippen LogP contribution in [0.25, 0.3) is 0 Å². The quantitative estimate of drug-likeness (QED) is 0.714. The van der Waals surface area contributed by atoms with E-state index in [1.54, 1.807) is 24.3 Å². The van der Waals surface area contributed by atoms with E-state index >= 15 is 0 Å². The second-order valence-electron chi connectivity index (χ2n) is 7.65. The Bertz CT molecular complexity index is 931. The van der Waals surface area contributed by atoms with Crippen LogP contribution in [0.1, 0.15) is 53.6 Å². The smallest absolute Gasteiger partial charge is 0.227 e. The predicted octanol–water partition coefficient (Wildman–Crippen LogP) is 4.13. The molecular weight excluding hydrogens is 352 g/mol. The average molecular weight is 376 g/mol. The summed E-state index contributed by atoms with van der Waals surface area (Å²) >= 11 is 0. The van der Waals surface area contributed by atoms with Crippen molar-refractivity contribution in [1.82, 2.24) is 0 Å². The van der Waals surface area contributed by atoms with Gasteiger partial charge in [0.25, 0.3) is 0 Å². The SMILES string of the molecule is O=C(CCC(=O)c1ccc2c(c1)CCC2)Nc1cccc(NC(=O)C2CC2)c1. The second-order valence-corrected chi connectivity index (χ2v) is 7.65. The van der Waals surface area contributed by atoms with Gasteiger partial charge in [-0.05, 0) is 67.5 Å². The lowest BCUT2D eigenvalue weighted by Crippen LogP contribution is -2.15. The summed E-state index contributed by atoms with van der Waals surface area (Å²) in [6.07, 6.45) is 5.48. The lowest BCUT2D eigenvalue weighted by Gasteiger charge is -2.09. The van der Waals surface area contributed by atoms with Gasteiger partial charge in [-0.3, -0.25) is 14.4 Å². The molecule has 2 aliphatic rings. The highest BCUT2D eigenvalue weighted by Gasteiger charge is 2.29. The molecule has 2 aliphatic carbocycles. The van der Waals surface area contributed by atoms with Crippen molar-refractivity contribution in [3.63, 3.8) is 0 Å². The molecule has 28 heavy (non-hydrogen) atoms. The molecule has 2 aromatic rings. The molecule has 0 atom stereocenters. The molecule has 4 rings (SSSR count). The van der Waals surface area contributed by atoms with Crippen LogP contribution in [-0.4, -0.2) is 17.6 Å². The first-order valence-electron chi connectivity index (χ1n) is 9.94. The number of ketones is 1. The number of anilines is 2. The maximum Gasteiger partial charge on any atom is 0.227 e. The number of amides is 2. The molecule has 0 aromatic heterocycles. The molecule has 0 unspecified atom stereocenters. The third-order valence-corrected chi connectivity index (χ3v) is 5.36. The van der Waals surface area contributed by atoms with E-state index in [-0.39, 0.29) is 36.4 Å². The molecule has 144 valence electrons. The average Bonchev–Trinajstić information content (AvgIpc) is 3.44. The zero-order valence-electron chi connectivity index (χ0n) is 15.8. The number of carbonyl (C=O) groups is 3. The normalized spacial score (nSPS) is 15.0. The first-order chi connectivity index (χ1) is 13.6. The van der Waals surface area contributed by atoms with Crippen molar-refractivity contribution in [2.24, 2.45) is 5.92 Å². The molecule has 0 heterocycles. The van der Waals surface area contributed by atoms with Crippen LogP contribution in [0.2, 0.25) is 0 Å². The monoisotopic (exact) mass is 376 g/mol. The number of nitrogens with one attached hydrogen (secondary N) is 2. The topological polar surface area (TPSA) is 75.3 Å². The fourth-order valence-electron chi connectivity index (χ4n) is 3.60. The van der Waals surface area contributed by atoms with Gasteiger partial charge in [-0.1, -0.05) is 18.2 Å². The van der Waals surface area contributed by atoms with Gasteiger partial charge in [0.2, 0.25) is 11.8 Å². The van der Waals surface area contributed by atoms with Crippen LogP contribution in [0.3, 0.4) is 0 Å². The van der Waals surface area contributed by atoms with Gasteiger partial charge < -0.3 is 10.6 Å². The number of benzene rings is 2. The summed E-state index contributed by atoms with van der Waals surface area (Å²) < 4.78 is 0. The summed E-state index contributed by atoms with van der Waals surface area (Å²) in [5, 5.41) is 5.67. The molecule has 0 aliphatic heterocycles. The maximum absolute atomic E-state index is 12.4. The fraction of sp³-hybridized carbons (Fsp3) is 0.348. The molecule has 0 spiro atoms. The van der Waals surface area contributed by atoms with Crippen LogP contribution in [0.15, 0.2) is 42.5 Å². The van der Waals surface area contributed by atoms with E-state index in [0.717, 1.165) is 32.1 Å². The first kappa shape index (κ1) is 18.4. The molecule has 0 bridgehead atoms. The first-order valence-corrected chi connectivity index (χ1v) is 9.94. The van der Waals surface area contributed by atoms with Gasteiger partial charge in [0, 0.05) is 35.7 Å². The van der Waals surface area contributed by atoms with E-state index in [4.69, 9.17) is 0 Å². The maximum atomic E-state index is 12.4. The van der Waals surface area contributed by atoms with Crippen molar-refractivity contribution in [3.05, 3.63) is 59.2 Å². The summed E-state index contributed by atoms with van der Waals surface area (Å²) in [5.74, 6) is -0.0534. The predicted molar refractivity (Wildman–Crippen MR) is 108 cm³/mol. The lowest BCUT2D eigenvalue weighted by atomic mass is 10.0. The second kappa shape index (κ2) is 7.97. The number of rotatable bonds is 7. The van der Waals surface area contributed by atoms with Crippen molar-refractivity contribution >= 4 is 29.0 Å². The van der Waals surface area contributed by atoms with Crippen molar-refractivity contribution < 1.29 is 14.4 Å². The van der Waals surface area contributed by atoms with Gasteiger partial charge in [-0.25, -0.2) is 0 Å². The summed E-state index contributed by atoms with van der Waals surface area (Å²) in [4.78, 5) is 36.5. The Hall–Kier alpha value is -2.95. The Morgan fingerprint density at radius 1 is 0.857 bits per heavy atom. The molecular formula is C23H24N2O3. The molecule has 1 fully saturated rings. The van der Waals surface area contributed by atoms with Gasteiger partial charge in [0.1, 0.15) is 0 Å². The summed E-state index contributed by atoms with van der Waals surface area (Å²) in [6.45, 7) is 0. The van der Waals surface area contributed by atoms with Crippen LogP contribution < -0.4 is 10.6 Å². The molecule has 5 heteroatoms. The van der Waals surface area contributed by atoms with E-state index < -0.39 is 0 Å². The van der Waals surface area contributed by atoms with Gasteiger partial charge >= 0.3 is 0 Å². The Morgan fingerprint density at radius 3 is 2.39 bits per heavy atom. The molecule has 2 aromatic carbocycles. The third-order valence-electron chi connectivity index (χ3n) is 5.36. The van der Waals surface area contributed by atoms with Gasteiger partial charge in [-0.15, -0.1) is 0 Å². The van der Waals surface area contributed by atoms with Gasteiger partial charge in [-0.2, -0.15) is 0 Å². The third kappa shape index (κ3) is 4.47. The molecule has 2 amide bonds. The zero-order chi connectivity index (χ0) is 19.5. The molecule has 2 N–H and O–H groups in total. The Balaban J connectivity index is 1.29. The summed E-state index contributed by atoms with van der Waals surface area (Å²) in [7, 11) is 0. The highest BCUT2D eigenvalue weighted by Crippen LogP contribution is 2.30. The van der Waals surface area contributed by atoms with Crippen molar-refractivity contribution in [1.29, 1.82) is 0 Å².